The van der Waals surface area contributed by atoms with Gasteiger partial charge in [0, 0.05) is 12.2 Å². The molecule has 0 aliphatic rings. The van der Waals surface area contributed by atoms with E-state index in [-0.39, 0.29) is 18.8 Å². The molecule has 0 amide bonds. The number of carbonyl (C=O) groups excluding carboxylic acids is 2. The second kappa shape index (κ2) is 13.7. The van der Waals surface area contributed by atoms with Crippen LogP contribution in [-0.2, 0) is 16.0 Å². The van der Waals surface area contributed by atoms with E-state index in [4.69, 9.17) is 9.47 Å². The highest BCUT2D eigenvalue weighted by atomic mass is 16.5. The molecule has 0 bridgehead atoms. The van der Waals surface area contributed by atoms with Crippen LogP contribution in [0.25, 0.3) is 11.3 Å². The third-order valence-electron chi connectivity index (χ3n) is 5.37. The molecule has 0 atom stereocenters. The van der Waals surface area contributed by atoms with Gasteiger partial charge in [-0.25, -0.2) is 9.59 Å². The van der Waals surface area contributed by atoms with Crippen LogP contribution in [0, 0.1) is 0 Å². The summed E-state index contributed by atoms with van der Waals surface area (Å²) in [5.74, 6) is -0.968. The second-order valence-corrected chi connectivity index (χ2v) is 7.73. The number of hydrogen-bond acceptors (Lipinski definition) is 4. The summed E-state index contributed by atoms with van der Waals surface area (Å²) < 4.78 is 12.5. The number of esters is 2. The van der Waals surface area contributed by atoms with Crippen LogP contribution in [-0.4, -0.2) is 29.7 Å². The fourth-order valence-corrected chi connectivity index (χ4v) is 3.82. The zero-order valence-electron chi connectivity index (χ0n) is 19.3. The van der Waals surface area contributed by atoms with Gasteiger partial charge in [0.2, 0.25) is 0 Å². The molecular formula is C26H37NO4. The number of aromatic nitrogens is 1. The molecule has 1 heterocycles. The Kier molecular flexibility index (Phi) is 10.9. The van der Waals surface area contributed by atoms with Gasteiger partial charge < -0.3 is 14.0 Å². The number of hydrogen-bond donors (Lipinski definition) is 0. The summed E-state index contributed by atoms with van der Waals surface area (Å²) in [5.41, 5.74) is 2.37. The van der Waals surface area contributed by atoms with Crippen LogP contribution in [0.2, 0.25) is 0 Å². The normalized spacial score (nSPS) is 10.8. The molecule has 1 aromatic heterocycles. The van der Waals surface area contributed by atoms with Gasteiger partial charge in [0.05, 0.1) is 18.8 Å². The van der Waals surface area contributed by atoms with E-state index in [1.807, 2.05) is 34.9 Å². The smallest absolute Gasteiger partial charge is 0.355 e. The average Bonchev–Trinajstić information content (AvgIpc) is 3.16. The molecule has 170 valence electrons. The Bertz CT molecular complexity index is 810. The first-order valence-electron chi connectivity index (χ1n) is 11.8. The van der Waals surface area contributed by atoms with Gasteiger partial charge in [-0.3, -0.25) is 0 Å². The van der Waals surface area contributed by atoms with Gasteiger partial charge in [0.25, 0.3) is 0 Å². The first kappa shape index (κ1) is 24.7. The van der Waals surface area contributed by atoms with Gasteiger partial charge in [0.1, 0.15) is 5.69 Å². The molecule has 0 aliphatic carbocycles. The zero-order valence-corrected chi connectivity index (χ0v) is 19.3. The fraction of sp³-hybridized carbons (Fsp3) is 0.538. The molecule has 5 nitrogen and oxygen atoms in total. The summed E-state index contributed by atoms with van der Waals surface area (Å²) in [6, 6.07) is 11.6. The first-order chi connectivity index (χ1) is 15.1. The van der Waals surface area contributed by atoms with E-state index in [2.05, 4.69) is 6.92 Å². The second-order valence-electron chi connectivity index (χ2n) is 7.73. The van der Waals surface area contributed by atoms with Crippen molar-refractivity contribution in [2.24, 2.45) is 0 Å². The molecule has 31 heavy (non-hydrogen) atoms. The predicted molar refractivity (Wildman–Crippen MR) is 124 cm³/mol. The van der Waals surface area contributed by atoms with Crippen molar-refractivity contribution in [1.29, 1.82) is 0 Å². The van der Waals surface area contributed by atoms with Gasteiger partial charge in [0.15, 0.2) is 0 Å². The minimum atomic E-state index is -0.489. The summed E-state index contributed by atoms with van der Waals surface area (Å²) in [6.45, 7) is 6.93. The lowest BCUT2D eigenvalue weighted by molar-refractivity contribution is 0.0470. The average molecular weight is 428 g/mol. The number of benzene rings is 1. The highest BCUT2D eigenvalue weighted by Gasteiger charge is 2.27. The van der Waals surface area contributed by atoms with Crippen LogP contribution in [0.4, 0.5) is 0 Å². The molecule has 0 radical (unpaired) electrons. The fourth-order valence-electron chi connectivity index (χ4n) is 3.82. The number of unbranched alkanes of at least 4 members (excludes halogenated alkanes) is 7. The highest BCUT2D eigenvalue weighted by molar-refractivity contribution is 6.04. The molecule has 2 rings (SSSR count). The van der Waals surface area contributed by atoms with Crippen molar-refractivity contribution in [3.63, 3.8) is 0 Å². The van der Waals surface area contributed by atoms with Crippen LogP contribution >= 0.6 is 0 Å². The molecule has 1 aromatic carbocycles. The van der Waals surface area contributed by atoms with E-state index in [1.54, 1.807) is 19.9 Å². The number of nitrogens with zero attached hydrogens (tertiary/aromatic N) is 1. The Morgan fingerprint density at radius 3 is 1.97 bits per heavy atom. The van der Waals surface area contributed by atoms with E-state index in [0.29, 0.717) is 12.2 Å². The van der Waals surface area contributed by atoms with Crippen LogP contribution < -0.4 is 0 Å². The molecular weight excluding hydrogens is 390 g/mol. The maximum Gasteiger partial charge on any atom is 0.355 e. The van der Waals surface area contributed by atoms with E-state index in [1.165, 1.54) is 38.5 Å². The Morgan fingerprint density at radius 2 is 1.35 bits per heavy atom. The summed E-state index contributed by atoms with van der Waals surface area (Å²) in [5, 5.41) is 0. The Hall–Kier alpha value is -2.56. The largest absolute Gasteiger partial charge is 0.462 e. The molecule has 0 spiro atoms. The highest BCUT2D eigenvalue weighted by Crippen LogP contribution is 2.28. The van der Waals surface area contributed by atoms with E-state index in [0.717, 1.165) is 24.1 Å². The minimum Gasteiger partial charge on any atom is -0.462 e. The molecule has 0 saturated carbocycles. The number of rotatable bonds is 14. The van der Waals surface area contributed by atoms with Gasteiger partial charge in [-0.1, -0.05) is 82.2 Å². The lowest BCUT2D eigenvalue weighted by atomic mass is 10.1. The number of ether oxygens (including phenoxy) is 2. The summed E-state index contributed by atoms with van der Waals surface area (Å²) >= 11 is 0. The Labute approximate surface area is 186 Å². The van der Waals surface area contributed by atoms with Crippen molar-refractivity contribution in [2.45, 2.75) is 78.7 Å². The lowest BCUT2D eigenvalue weighted by Crippen LogP contribution is -2.18. The molecule has 0 unspecified atom stereocenters. The van der Waals surface area contributed by atoms with Crippen molar-refractivity contribution in [1.82, 2.24) is 4.57 Å². The summed E-state index contributed by atoms with van der Waals surface area (Å²) in [7, 11) is 0. The third-order valence-corrected chi connectivity index (χ3v) is 5.37. The Balaban J connectivity index is 2.26. The van der Waals surface area contributed by atoms with E-state index in [9.17, 15) is 9.59 Å². The van der Waals surface area contributed by atoms with Crippen molar-refractivity contribution < 1.29 is 19.1 Å². The van der Waals surface area contributed by atoms with E-state index < -0.39 is 11.9 Å². The predicted octanol–water partition coefficient (Wildman–Crippen LogP) is 6.65. The van der Waals surface area contributed by atoms with Gasteiger partial charge in [-0.2, -0.15) is 0 Å². The first-order valence-corrected chi connectivity index (χ1v) is 11.8. The van der Waals surface area contributed by atoms with Gasteiger partial charge in [-0.15, -0.1) is 0 Å². The van der Waals surface area contributed by atoms with Crippen LogP contribution in [0.3, 0.4) is 0 Å². The topological polar surface area (TPSA) is 57.5 Å². The minimum absolute atomic E-state index is 0.255. The lowest BCUT2D eigenvalue weighted by Gasteiger charge is -2.14. The van der Waals surface area contributed by atoms with Crippen molar-refractivity contribution in [2.75, 3.05) is 13.2 Å². The molecule has 2 aromatic rings. The molecule has 0 aliphatic heterocycles. The molecule has 0 saturated heterocycles. The molecule has 0 N–H and O–H groups in total. The summed E-state index contributed by atoms with van der Waals surface area (Å²) in [4.78, 5) is 25.5. The molecule has 0 fully saturated rings. The van der Waals surface area contributed by atoms with Gasteiger partial charge >= 0.3 is 11.9 Å². The van der Waals surface area contributed by atoms with E-state index >= 15 is 0 Å². The maximum absolute atomic E-state index is 12.8. The maximum atomic E-state index is 12.8. The number of carbonyl (C=O) groups is 2. The van der Waals surface area contributed by atoms with Crippen molar-refractivity contribution >= 4 is 11.9 Å². The van der Waals surface area contributed by atoms with Crippen LogP contribution in [0.15, 0.2) is 36.4 Å². The standard InChI is InChI=1S/C26H37NO4/c1-4-7-8-9-10-11-12-16-19-27-23(21-17-14-13-15-18-21)20-22(25(28)30-5-2)24(27)26(29)31-6-3/h13-15,17-18,20H,4-12,16,19H2,1-3H3. The monoisotopic (exact) mass is 427 g/mol. The van der Waals surface area contributed by atoms with Crippen LogP contribution in [0.5, 0.6) is 0 Å². The molecule has 5 heteroatoms. The zero-order chi connectivity index (χ0) is 22.5. The quantitative estimate of drug-likeness (QED) is 0.250. The van der Waals surface area contributed by atoms with Gasteiger partial charge in [-0.05, 0) is 31.9 Å². The van der Waals surface area contributed by atoms with Crippen molar-refractivity contribution in [3.8, 4) is 11.3 Å². The SMILES string of the molecule is CCCCCCCCCCn1c(-c2ccccc2)cc(C(=O)OCC)c1C(=O)OCC. The van der Waals surface area contributed by atoms with Crippen LogP contribution in [0.1, 0.15) is 93.0 Å². The Morgan fingerprint density at radius 1 is 0.774 bits per heavy atom. The summed E-state index contributed by atoms with van der Waals surface area (Å²) in [6.07, 6.45) is 9.63. The third kappa shape index (κ3) is 7.27. The van der Waals surface area contributed by atoms with Crippen molar-refractivity contribution in [3.05, 3.63) is 47.7 Å².